The highest BCUT2D eigenvalue weighted by Crippen LogP contribution is 2.22. The fourth-order valence-corrected chi connectivity index (χ4v) is 1.77. The molecule has 1 aromatic rings. The molecule has 6 heteroatoms. The summed E-state index contributed by atoms with van der Waals surface area (Å²) in [6.07, 6.45) is -4.59. The van der Waals surface area contributed by atoms with Crippen LogP contribution in [0.4, 0.5) is 13.2 Å². The van der Waals surface area contributed by atoms with E-state index in [9.17, 15) is 13.2 Å². The number of benzene rings is 1. The van der Waals surface area contributed by atoms with E-state index in [0.717, 1.165) is 5.56 Å². The lowest BCUT2D eigenvalue weighted by Crippen LogP contribution is -2.43. The molecule has 0 aromatic heterocycles. The van der Waals surface area contributed by atoms with Crippen molar-refractivity contribution in [3.05, 3.63) is 35.9 Å². The first-order valence-electron chi connectivity index (χ1n) is 5.44. The zero-order valence-electron chi connectivity index (χ0n) is 9.93. The standard InChI is InChI=1S/C12H15ClF3NO/c1-11(9-13,10-5-3-2-4-6-10)17-7-8-18-12(14,15)16/h2-6,17H,7-9H2,1H3. The molecule has 1 atom stereocenters. The second kappa shape index (κ2) is 6.41. The molecular weight excluding hydrogens is 267 g/mol. The predicted molar refractivity (Wildman–Crippen MR) is 64.5 cm³/mol. The predicted octanol–water partition coefficient (Wildman–Crippen LogP) is 3.27. The van der Waals surface area contributed by atoms with Crippen LogP contribution in [0.5, 0.6) is 0 Å². The Kier molecular flexibility index (Phi) is 5.44. The minimum atomic E-state index is -4.59. The number of alkyl halides is 4. The topological polar surface area (TPSA) is 21.3 Å². The Morgan fingerprint density at radius 2 is 1.83 bits per heavy atom. The van der Waals surface area contributed by atoms with Crippen molar-refractivity contribution in [3.63, 3.8) is 0 Å². The Hall–Kier alpha value is -0.780. The van der Waals surface area contributed by atoms with E-state index in [0.29, 0.717) is 0 Å². The SMILES string of the molecule is CC(CCl)(NCCOC(F)(F)F)c1ccccc1. The molecule has 0 aliphatic rings. The maximum absolute atomic E-state index is 11.8. The minimum absolute atomic E-state index is 0.0671. The maximum Gasteiger partial charge on any atom is 0.522 e. The van der Waals surface area contributed by atoms with Gasteiger partial charge in [0.05, 0.1) is 12.1 Å². The molecule has 0 spiro atoms. The van der Waals surface area contributed by atoms with Crippen molar-refractivity contribution in [2.24, 2.45) is 0 Å². The summed E-state index contributed by atoms with van der Waals surface area (Å²) < 4.78 is 39.1. The largest absolute Gasteiger partial charge is 0.522 e. The van der Waals surface area contributed by atoms with E-state index in [2.05, 4.69) is 10.1 Å². The summed E-state index contributed by atoms with van der Waals surface area (Å²) in [5.41, 5.74) is 0.352. The Labute approximate surface area is 109 Å². The zero-order valence-corrected chi connectivity index (χ0v) is 10.7. The average molecular weight is 282 g/mol. The smallest absolute Gasteiger partial charge is 0.304 e. The normalized spacial score (nSPS) is 15.4. The van der Waals surface area contributed by atoms with Gasteiger partial charge in [0.25, 0.3) is 0 Å². The molecule has 0 heterocycles. The second-order valence-corrected chi connectivity index (χ2v) is 4.32. The number of nitrogens with one attached hydrogen (secondary N) is 1. The first-order chi connectivity index (χ1) is 8.37. The molecule has 0 bridgehead atoms. The number of halogens is 4. The maximum atomic E-state index is 11.8. The number of ether oxygens (including phenoxy) is 1. The van der Waals surface area contributed by atoms with Crippen LogP contribution >= 0.6 is 11.6 Å². The summed E-state index contributed by atoms with van der Waals surface area (Å²) in [5.74, 6) is 0.253. The van der Waals surface area contributed by atoms with Crippen LogP contribution in [0, 0.1) is 0 Å². The van der Waals surface area contributed by atoms with Crippen molar-refractivity contribution < 1.29 is 17.9 Å². The lowest BCUT2D eigenvalue weighted by molar-refractivity contribution is -0.323. The monoisotopic (exact) mass is 281 g/mol. The van der Waals surface area contributed by atoms with Crippen molar-refractivity contribution in [3.8, 4) is 0 Å². The van der Waals surface area contributed by atoms with E-state index in [4.69, 9.17) is 11.6 Å². The second-order valence-electron chi connectivity index (χ2n) is 4.05. The Bertz CT molecular complexity index is 358. The molecule has 0 fully saturated rings. The zero-order chi connectivity index (χ0) is 13.6. The van der Waals surface area contributed by atoms with E-state index in [1.165, 1.54) is 0 Å². The Morgan fingerprint density at radius 3 is 2.33 bits per heavy atom. The van der Waals surface area contributed by atoms with Crippen LogP contribution in [0.25, 0.3) is 0 Å². The van der Waals surface area contributed by atoms with Crippen molar-refractivity contribution in [1.82, 2.24) is 5.32 Å². The van der Waals surface area contributed by atoms with Gasteiger partial charge < -0.3 is 5.32 Å². The molecule has 1 rings (SSSR count). The molecule has 0 saturated carbocycles. The third-order valence-corrected chi connectivity index (χ3v) is 3.10. The van der Waals surface area contributed by atoms with Gasteiger partial charge in [-0.1, -0.05) is 30.3 Å². The molecule has 102 valence electrons. The molecule has 0 radical (unpaired) electrons. The lowest BCUT2D eigenvalue weighted by Gasteiger charge is -2.29. The van der Waals surface area contributed by atoms with Crippen LogP contribution in [0.3, 0.4) is 0 Å². The first kappa shape index (κ1) is 15.3. The van der Waals surface area contributed by atoms with Gasteiger partial charge in [-0.25, -0.2) is 0 Å². The van der Waals surface area contributed by atoms with Crippen molar-refractivity contribution in [2.75, 3.05) is 19.0 Å². The molecule has 0 aliphatic carbocycles. The van der Waals surface area contributed by atoms with Crippen LogP contribution in [-0.4, -0.2) is 25.4 Å². The van der Waals surface area contributed by atoms with Crippen LogP contribution in [0.1, 0.15) is 12.5 Å². The Morgan fingerprint density at radius 1 is 1.22 bits per heavy atom. The van der Waals surface area contributed by atoms with Crippen LogP contribution < -0.4 is 5.32 Å². The van der Waals surface area contributed by atoms with Crippen molar-refractivity contribution >= 4 is 11.6 Å². The van der Waals surface area contributed by atoms with E-state index < -0.39 is 18.5 Å². The average Bonchev–Trinajstić information content (AvgIpc) is 2.34. The molecule has 0 amide bonds. The van der Waals surface area contributed by atoms with Crippen LogP contribution in [-0.2, 0) is 10.3 Å². The van der Waals surface area contributed by atoms with Gasteiger partial charge in [0, 0.05) is 12.4 Å². The van der Waals surface area contributed by atoms with Gasteiger partial charge in [-0.05, 0) is 12.5 Å². The summed E-state index contributed by atoms with van der Waals surface area (Å²) in [6.45, 7) is 1.46. The van der Waals surface area contributed by atoms with Crippen molar-refractivity contribution in [1.29, 1.82) is 0 Å². The third-order valence-electron chi connectivity index (χ3n) is 2.56. The van der Waals surface area contributed by atoms with Gasteiger partial charge in [-0.2, -0.15) is 0 Å². The fourth-order valence-electron chi connectivity index (χ4n) is 1.53. The van der Waals surface area contributed by atoms with Gasteiger partial charge in [-0.15, -0.1) is 24.8 Å². The van der Waals surface area contributed by atoms with Crippen LogP contribution in [0.15, 0.2) is 30.3 Å². The molecule has 1 unspecified atom stereocenters. The van der Waals surface area contributed by atoms with Gasteiger partial charge >= 0.3 is 6.36 Å². The van der Waals surface area contributed by atoms with Crippen molar-refractivity contribution in [2.45, 2.75) is 18.8 Å². The van der Waals surface area contributed by atoms with Gasteiger partial charge in [0.15, 0.2) is 0 Å². The molecule has 18 heavy (non-hydrogen) atoms. The summed E-state index contributed by atoms with van der Waals surface area (Å²) in [4.78, 5) is 0. The highest BCUT2D eigenvalue weighted by atomic mass is 35.5. The van der Waals surface area contributed by atoms with Crippen LogP contribution in [0.2, 0.25) is 0 Å². The van der Waals surface area contributed by atoms with E-state index >= 15 is 0 Å². The quantitative estimate of drug-likeness (QED) is 0.638. The number of hydrogen-bond donors (Lipinski definition) is 1. The summed E-state index contributed by atoms with van der Waals surface area (Å²) in [7, 11) is 0. The molecule has 0 aliphatic heterocycles. The highest BCUT2D eigenvalue weighted by Gasteiger charge is 2.29. The molecule has 2 nitrogen and oxygen atoms in total. The van der Waals surface area contributed by atoms with Gasteiger partial charge in [0.1, 0.15) is 0 Å². The molecule has 0 saturated heterocycles. The third kappa shape index (κ3) is 4.84. The first-order valence-corrected chi connectivity index (χ1v) is 5.98. The van der Waals surface area contributed by atoms with E-state index in [1.807, 2.05) is 37.3 Å². The highest BCUT2D eigenvalue weighted by molar-refractivity contribution is 6.18. The number of rotatable bonds is 6. The fraction of sp³-hybridized carbons (Fsp3) is 0.500. The van der Waals surface area contributed by atoms with E-state index in [-0.39, 0.29) is 12.4 Å². The molecule has 1 aromatic carbocycles. The number of hydrogen-bond acceptors (Lipinski definition) is 2. The summed E-state index contributed by atoms with van der Waals surface area (Å²) in [6, 6.07) is 9.33. The van der Waals surface area contributed by atoms with Gasteiger partial charge in [-0.3, -0.25) is 4.74 Å². The van der Waals surface area contributed by atoms with E-state index in [1.54, 1.807) is 0 Å². The Balaban J connectivity index is 2.52. The summed E-state index contributed by atoms with van der Waals surface area (Å²) in [5, 5.41) is 2.98. The van der Waals surface area contributed by atoms with Gasteiger partial charge in [0.2, 0.25) is 0 Å². The lowest BCUT2D eigenvalue weighted by atomic mass is 9.94. The molecule has 1 N–H and O–H groups in total. The minimum Gasteiger partial charge on any atom is -0.304 e. The summed E-state index contributed by atoms with van der Waals surface area (Å²) >= 11 is 5.89. The molecular formula is C12H15ClF3NO.